The lowest BCUT2D eigenvalue weighted by molar-refractivity contribution is -0.110. The molecule has 4 heteroatoms. The number of aromatic amines is 1. The number of hydrogen-bond acceptors (Lipinski definition) is 2. The topological polar surface area (TPSA) is 70.9 Å². The van der Waals surface area contributed by atoms with Gasteiger partial charge in [-0.05, 0) is 53.4 Å². The fraction of sp³-hybridized carbons (Fsp3) is 0. The number of H-pyrrole nitrogens is 1. The molecule has 102 valence electrons. The van der Waals surface area contributed by atoms with Crippen LogP contribution in [0.3, 0.4) is 0 Å². The molecule has 4 N–H and O–H groups in total. The van der Waals surface area contributed by atoms with E-state index in [1.165, 1.54) is 0 Å². The van der Waals surface area contributed by atoms with E-state index >= 15 is 0 Å². The Morgan fingerprint density at radius 2 is 1.95 bits per heavy atom. The fourth-order valence-electron chi connectivity index (χ4n) is 2.68. The Morgan fingerprint density at radius 1 is 1.05 bits per heavy atom. The summed E-state index contributed by atoms with van der Waals surface area (Å²) in [6.07, 6.45) is 3.80. The Balaban J connectivity index is 1.85. The van der Waals surface area contributed by atoms with E-state index in [-0.39, 0.29) is 5.91 Å². The lowest BCUT2D eigenvalue weighted by atomic mass is 10.0. The summed E-state index contributed by atoms with van der Waals surface area (Å²) in [6, 6.07) is 13.5. The Hall–Kier alpha value is -3.01. The highest BCUT2D eigenvalue weighted by molar-refractivity contribution is 6.35. The van der Waals surface area contributed by atoms with Crippen molar-refractivity contribution >= 4 is 39.8 Å². The van der Waals surface area contributed by atoms with Crippen LogP contribution in [0.15, 0.2) is 48.7 Å². The number of rotatable bonds is 1. The number of carbonyl (C=O) groups excluding carboxylic acids is 1. The first-order valence-corrected chi connectivity index (χ1v) is 6.71. The van der Waals surface area contributed by atoms with Gasteiger partial charge < -0.3 is 16.0 Å². The third-order valence-corrected chi connectivity index (χ3v) is 3.71. The van der Waals surface area contributed by atoms with E-state index in [9.17, 15) is 4.79 Å². The number of nitrogens with two attached hydrogens (primary N) is 1. The molecule has 3 aromatic rings. The van der Waals surface area contributed by atoms with Gasteiger partial charge in [0.05, 0.1) is 0 Å². The minimum Gasteiger partial charge on any atom is -0.399 e. The van der Waals surface area contributed by atoms with Crippen molar-refractivity contribution in [1.82, 2.24) is 4.98 Å². The number of nitrogen functional groups attached to an aromatic ring is 1. The lowest BCUT2D eigenvalue weighted by Gasteiger charge is -2.01. The Morgan fingerprint density at radius 3 is 2.86 bits per heavy atom. The predicted octanol–water partition coefficient (Wildman–Crippen LogP) is 3.24. The van der Waals surface area contributed by atoms with Crippen molar-refractivity contribution < 1.29 is 4.79 Å². The molecule has 1 aliphatic heterocycles. The van der Waals surface area contributed by atoms with Crippen molar-refractivity contribution in [1.29, 1.82) is 0 Å². The first-order chi connectivity index (χ1) is 10.2. The number of amides is 1. The third kappa shape index (κ3) is 1.89. The van der Waals surface area contributed by atoms with Crippen LogP contribution in [0.4, 0.5) is 11.4 Å². The zero-order valence-electron chi connectivity index (χ0n) is 11.2. The van der Waals surface area contributed by atoms with Crippen molar-refractivity contribution in [2.75, 3.05) is 11.1 Å². The van der Waals surface area contributed by atoms with Crippen LogP contribution in [0.25, 0.3) is 22.6 Å². The van der Waals surface area contributed by atoms with Crippen molar-refractivity contribution in [3.63, 3.8) is 0 Å². The van der Waals surface area contributed by atoms with Crippen LogP contribution >= 0.6 is 0 Å². The Labute approximate surface area is 121 Å². The molecule has 0 aliphatic carbocycles. The monoisotopic (exact) mass is 275 g/mol. The van der Waals surface area contributed by atoms with Gasteiger partial charge in [-0.1, -0.05) is 6.07 Å². The number of anilines is 2. The van der Waals surface area contributed by atoms with Crippen LogP contribution in [-0.2, 0) is 4.79 Å². The molecule has 0 saturated carbocycles. The van der Waals surface area contributed by atoms with Crippen molar-refractivity contribution in [2.45, 2.75) is 0 Å². The summed E-state index contributed by atoms with van der Waals surface area (Å²) < 4.78 is 0. The van der Waals surface area contributed by atoms with Gasteiger partial charge in [-0.15, -0.1) is 0 Å². The van der Waals surface area contributed by atoms with Crippen molar-refractivity contribution in [2.24, 2.45) is 0 Å². The molecule has 0 bridgehead atoms. The summed E-state index contributed by atoms with van der Waals surface area (Å²) in [7, 11) is 0. The molecule has 4 rings (SSSR count). The van der Waals surface area contributed by atoms with Gasteiger partial charge in [0, 0.05) is 34.2 Å². The highest BCUT2D eigenvalue weighted by atomic mass is 16.2. The smallest absolute Gasteiger partial charge is 0.256 e. The SMILES string of the molecule is Nc1ccc2c(c1)C(=Cc1ccc3[nH]ccc3c1)C(=O)N2. The molecule has 2 heterocycles. The highest BCUT2D eigenvalue weighted by Gasteiger charge is 2.23. The second-order valence-electron chi connectivity index (χ2n) is 5.14. The van der Waals surface area contributed by atoms with Gasteiger partial charge in [-0.3, -0.25) is 4.79 Å². The molecule has 1 amide bonds. The molecule has 4 nitrogen and oxygen atoms in total. The molecular weight excluding hydrogens is 262 g/mol. The standard InChI is InChI=1S/C17H13N3O/c18-12-2-4-16-13(9-12)14(17(21)20-16)8-10-1-3-15-11(7-10)5-6-19-15/h1-9,19H,18H2,(H,20,21). The maximum Gasteiger partial charge on any atom is 0.256 e. The van der Waals surface area contributed by atoms with Gasteiger partial charge in [0.25, 0.3) is 5.91 Å². The number of carbonyl (C=O) groups is 1. The second kappa shape index (κ2) is 4.24. The second-order valence-corrected chi connectivity index (χ2v) is 5.14. The minimum atomic E-state index is -0.0928. The van der Waals surface area contributed by atoms with Crippen LogP contribution in [0.5, 0.6) is 0 Å². The molecule has 0 unspecified atom stereocenters. The molecule has 0 fully saturated rings. The maximum absolute atomic E-state index is 12.1. The van der Waals surface area contributed by atoms with Crippen LogP contribution in [0.1, 0.15) is 11.1 Å². The fourth-order valence-corrected chi connectivity index (χ4v) is 2.68. The van der Waals surface area contributed by atoms with Crippen LogP contribution in [0.2, 0.25) is 0 Å². The molecule has 2 aromatic carbocycles. The van der Waals surface area contributed by atoms with Gasteiger partial charge >= 0.3 is 0 Å². The van der Waals surface area contributed by atoms with Gasteiger partial charge in [-0.25, -0.2) is 0 Å². The largest absolute Gasteiger partial charge is 0.399 e. The van der Waals surface area contributed by atoms with E-state index in [2.05, 4.69) is 16.4 Å². The lowest BCUT2D eigenvalue weighted by Crippen LogP contribution is -2.03. The molecule has 1 aromatic heterocycles. The van der Waals surface area contributed by atoms with Crippen LogP contribution in [0, 0.1) is 0 Å². The van der Waals surface area contributed by atoms with E-state index in [1.54, 1.807) is 6.07 Å². The molecule has 0 saturated heterocycles. The van der Waals surface area contributed by atoms with E-state index in [4.69, 9.17) is 5.73 Å². The van der Waals surface area contributed by atoms with Gasteiger partial charge in [0.1, 0.15) is 0 Å². The normalized spacial score (nSPS) is 15.4. The van der Waals surface area contributed by atoms with Gasteiger partial charge in [0.2, 0.25) is 0 Å². The molecule has 1 aliphatic rings. The van der Waals surface area contributed by atoms with Crippen LogP contribution < -0.4 is 11.1 Å². The number of aromatic nitrogens is 1. The number of fused-ring (bicyclic) bond motifs is 2. The number of benzene rings is 2. The molecule has 0 radical (unpaired) electrons. The summed E-state index contributed by atoms with van der Waals surface area (Å²) in [5, 5.41) is 3.98. The third-order valence-electron chi connectivity index (χ3n) is 3.71. The first kappa shape index (κ1) is 11.8. The van der Waals surface area contributed by atoms with Crippen molar-refractivity contribution in [3.8, 4) is 0 Å². The molecule has 0 spiro atoms. The summed E-state index contributed by atoms with van der Waals surface area (Å²) >= 11 is 0. The summed E-state index contributed by atoms with van der Waals surface area (Å²) in [5.74, 6) is -0.0928. The Bertz CT molecular complexity index is 905. The van der Waals surface area contributed by atoms with Crippen LogP contribution in [-0.4, -0.2) is 10.9 Å². The molecule has 21 heavy (non-hydrogen) atoms. The highest BCUT2D eigenvalue weighted by Crippen LogP contribution is 2.34. The van der Waals surface area contributed by atoms with E-state index in [0.29, 0.717) is 11.3 Å². The quantitative estimate of drug-likeness (QED) is 0.471. The van der Waals surface area contributed by atoms with E-state index < -0.39 is 0 Å². The van der Waals surface area contributed by atoms with Gasteiger partial charge in [-0.2, -0.15) is 0 Å². The zero-order valence-corrected chi connectivity index (χ0v) is 11.2. The Kier molecular flexibility index (Phi) is 2.38. The maximum atomic E-state index is 12.1. The summed E-state index contributed by atoms with van der Waals surface area (Å²) in [4.78, 5) is 15.3. The van der Waals surface area contributed by atoms with E-state index in [0.717, 1.165) is 27.7 Å². The van der Waals surface area contributed by atoms with Gasteiger partial charge in [0.15, 0.2) is 0 Å². The minimum absolute atomic E-state index is 0.0928. The molecule has 0 atom stereocenters. The number of hydrogen-bond donors (Lipinski definition) is 3. The average Bonchev–Trinajstić information content (AvgIpc) is 3.04. The summed E-state index contributed by atoms with van der Waals surface area (Å²) in [6.45, 7) is 0. The average molecular weight is 275 g/mol. The predicted molar refractivity (Wildman–Crippen MR) is 85.7 cm³/mol. The summed E-state index contributed by atoms with van der Waals surface area (Å²) in [5.41, 5.74) is 10.9. The first-order valence-electron chi connectivity index (χ1n) is 6.71. The molecular formula is C17H13N3O. The van der Waals surface area contributed by atoms with E-state index in [1.807, 2.05) is 42.6 Å². The number of nitrogens with one attached hydrogen (secondary N) is 2. The zero-order chi connectivity index (χ0) is 14.4. The van der Waals surface area contributed by atoms with Crippen molar-refractivity contribution in [3.05, 3.63) is 59.8 Å².